The molecule has 0 atom stereocenters. The van der Waals surface area contributed by atoms with Gasteiger partial charge in [0.25, 0.3) is 5.56 Å². The number of aromatic nitrogens is 2. The van der Waals surface area contributed by atoms with E-state index in [0.717, 1.165) is 16.8 Å². The zero-order chi connectivity index (χ0) is 21.8. The molecule has 0 aliphatic carbocycles. The second kappa shape index (κ2) is 9.37. The van der Waals surface area contributed by atoms with Crippen molar-refractivity contribution in [1.29, 1.82) is 0 Å². The summed E-state index contributed by atoms with van der Waals surface area (Å²) in [7, 11) is 0. The van der Waals surface area contributed by atoms with Crippen molar-refractivity contribution in [2.45, 2.75) is 18.6 Å². The van der Waals surface area contributed by atoms with Crippen molar-refractivity contribution in [3.05, 3.63) is 99.3 Å². The first-order valence-electron chi connectivity index (χ1n) is 9.73. The molecule has 1 aromatic heterocycles. The van der Waals surface area contributed by atoms with Crippen molar-refractivity contribution in [2.24, 2.45) is 0 Å². The molecule has 0 unspecified atom stereocenters. The number of fused-ring (bicyclic) bond motifs is 1. The number of rotatable bonds is 6. The van der Waals surface area contributed by atoms with E-state index < -0.39 is 0 Å². The van der Waals surface area contributed by atoms with Crippen LogP contribution in [0.2, 0.25) is 5.02 Å². The smallest absolute Gasteiger partial charge is 0.262 e. The molecule has 0 aliphatic heterocycles. The predicted molar refractivity (Wildman–Crippen MR) is 127 cm³/mol. The van der Waals surface area contributed by atoms with Gasteiger partial charge in [-0.2, -0.15) is 0 Å². The second-order valence-corrected chi connectivity index (χ2v) is 8.52. The Bertz CT molecular complexity index is 1320. The summed E-state index contributed by atoms with van der Waals surface area (Å²) in [5, 5.41) is 4.52. The molecule has 156 valence electrons. The van der Waals surface area contributed by atoms with Gasteiger partial charge in [-0.1, -0.05) is 59.8 Å². The van der Waals surface area contributed by atoms with E-state index in [2.05, 4.69) is 10.3 Å². The molecule has 0 saturated carbocycles. The van der Waals surface area contributed by atoms with E-state index in [0.29, 0.717) is 27.6 Å². The number of benzene rings is 3. The van der Waals surface area contributed by atoms with E-state index in [1.54, 1.807) is 22.8 Å². The van der Waals surface area contributed by atoms with Gasteiger partial charge in [-0.05, 0) is 54.4 Å². The SMILES string of the molecule is Cc1cccc(NC(=O)CSc2nc3ccccc3c(=O)n2Cc2cccc(Cl)c2)c1. The number of hydrogen-bond acceptors (Lipinski definition) is 4. The molecule has 0 bridgehead atoms. The third-order valence-electron chi connectivity index (χ3n) is 4.69. The van der Waals surface area contributed by atoms with Gasteiger partial charge in [0.1, 0.15) is 0 Å². The fourth-order valence-corrected chi connectivity index (χ4v) is 4.28. The van der Waals surface area contributed by atoms with Crippen LogP contribution in [0.4, 0.5) is 5.69 Å². The molecule has 5 nitrogen and oxygen atoms in total. The van der Waals surface area contributed by atoms with Crippen molar-refractivity contribution < 1.29 is 4.79 Å². The molecule has 0 spiro atoms. The summed E-state index contributed by atoms with van der Waals surface area (Å²) in [6, 6.07) is 22.2. The zero-order valence-electron chi connectivity index (χ0n) is 16.8. The third kappa shape index (κ3) is 5.16. The molecule has 7 heteroatoms. The molecule has 1 N–H and O–H groups in total. The summed E-state index contributed by atoms with van der Waals surface area (Å²) in [6.45, 7) is 2.29. The van der Waals surface area contributed by atoms with Gasteiger partial charge in [0.05, 0.1) is 23.2 Å². The largest absolute Gasteiger partial charge is 0.325 e. The first-order chi connectivity index (χ1) is 15.0. The Labute approximate surface area is 189 Å². The average molecular weight is 450 g/mol. The lowest BCUT2D eigenvalue weighted by Crippen LogP contribution is -2.25. The molecule has 0 aliphatic rings. The lowest BCUT2D eigenvalue weighted by Gasteiger charge is -2.13. The van der Waals surface area contributed by atoms with Crippen molar-refractivity contribution in [1.82, 2.24) is 9.55 Å². The summed E-state index contributed by atoms with van der Waals surface area (Å²) in [6.07, 6.45) is 0. The van der Waals surface area contributed by atoms with E-state index in [1.807, 2.05) is 61.5 Å². The standard InChI is InChI=1S/C24H20ClN3O2S/c1-16-6-4-9-19(12-16)26-22(29)15-31-24-27-21-11-3-2-10-20(21)23(30)28(24)14-17-7-5-8-18(25)13-17/h2-13H,14-15H2,1H3,(H,26,29). The third-order valence-corrected chi connectivity index (χ3v) is 5.90. The highest BCUT2D eigenvalue weighted by molar-refractivity contribution is 7.99. The Hall–Kier alpha value is -3.09. The highest BCUT2D eigenvalue weighted by Crippen LogP contribution is 2.20. The molecule has 31 heavy (non-hydrogen) atoms. The van der Waals surface area contributed by atoms with Gasteiger partial charge in [-0.3, -0.25) is 14.2 Å². The van der Waals surface area contributed by atoms with E-state index in [-0.39, 0.29) is 17.2 Å². The quantitative estimate of drug-likeness (QED) is 0.327. The molecule has 0 saturated heterocycles. The molecule has 1 amide bonds. The Morgan fingerprint density at radius 1 is 1.06 bits per heavy atom. The number of hydrogen-bond donors (Lipinski definition) is 1. The van der Waals surface area contributed by atoms with Crippen molar-refractivity contribution in [2.75, 3.05) is 11.1 Å². The average Bonchev–Trinajstić information content (AvgIpc) is 2.75. The van der Waals surface area contributed by atoms with Crippen LogP contribution in [0.1, 0.15) is 11.1 Å². The highest BCUT2D eigenvalue weighted by atomic mass is 35.5. The number of aryl methyl sites for hydroxylation is 1. The van der Waals surface area contributed by atoms with Crippen LogP contribution in [-0.4, -0.2) is 21.2 Å². The van der Waals surface area contributed by atoms with Crippen LogP contribution in [0.3, 0.4) is 0 Å². The number of para-hydroxylation sites is 1. The Balaban J connectivity index is 1.62. The molecule has 0 fully saturated rings. The van der Waals surface area contributed by atoms with Crippen LogP contribution in [0.5, 0.6) is 0 Å². The van der Waals surface area contributed by atoms with Gasteiger partial charge in [-0.15, -0.1) is 0 Å². The normalized spacial score (nSPS) is 10.9. The number of nitrogens with zero attached hydrogens (tertiary/aromatic N) is 2. The van der Waals surface area contributed by atoms with Gasteiger partial charge >= 0.3 is 0 Å². The van der Waals surface area contributed by atoms with Gasteiger partial charge < -0.3 is 5.32 Å². The van der Waals surface area contributed by atoms with Crippen LogP contribution in [0.15, 0.2) is 82.7 Å². The van der Waals surface area contributed by atoms with E-state index in [9.17, 15) is 9.59 Å². The number of nitrogens with one attached hydrogen (secondary N) is 1. The number of carbonyl (C=O) groups is 1. The minimum atomic E-state index is -0.160. The van der Waals surface area contributed by atoms with Crippen LogP contribution < -0.4 is 10.9 Å². The predicted octanol–water partition coefficient (Wildman–Crippen LogP) is 5.14. The summed E-state index contributed by atoms with van der Waals surface area (Å²) in [5.41, 5.74) is 3.16. The Kier molecular flexibility index (Phi) is 6.39. The Morgan fingerprint density at radius 3 is 2.68 bits per heavy atom. The molecule has 3 aromatic carbocycles. The summed E-state index contributed by atoms with van der Waals surface area (Å²) < 4.78 is 1.60. The molecule has 4 aromatic rings. The fraction of sp³-hybridized carbons (Fsp3) is 0.125. The van der Waals surface area contributed by atoms with Crippen molar-refractivity contribution in [3.63, 3.8) is 0 Å². The monoisotopic (exact) mass is 449 g/mol. The van der Waals surface area contributed by atoms with E-state index >= 15 is 0 Å². The summed E-state index contributed by atoms with van der Waals surface area (Å²) in [5.74, 6) is -0.0267. The first kappa shape index (κ1) is 21.2. The second-order valence-electron chi connectivity index (χ2n) is 7.14. The molecule has 4 rings (SSSR count). The van der Waals surface area contributed by atoms with Crippen LogP contribution in [0.25, 0.3) is 10.9 Å². The first-order valence-corrected chi connectivity index (χ1v) is 11.1. The lowest BCUT2D eigenvalue weighted by atomic mass is 10.2. The lowest BCUT2D eigenvalue weighted by molar-refractivity contribution is -0.113. The van der Waals surface area contributed by atoms with Gasteiger partial charge in [-0.25, -0.2) is 4.98 Å². The van der Waals surface area contributed by atoms with Gasteiger partial charge in [0.2, 0.25) is 5.91 Å². The number of carbonyl (C=O) groups excluding carboxylic acids is 1. The van der Waals surface area contributed by atoms with Gasteiger partial charge in [0, 0.05) is 10.7 Å². The number of halogens is 1. The number of amides is 1. The number of anilines is 1. The molecule has 1 heterocycles. The Morgan fingerprint density at radius 2 is 1.87 bits per heavy atom. The topological polar surface area (TPSA) is 64.0 Å². The fourth-order valence-electron chi connectivity index (χ4n) is 3.27. The maximum absolute atomic E-state index is 13.2. The van der Waals surface area contributed by atoms with Crippen molar-refractivity contribution >= 4 is 45.9 Å². The van der Waals surface area contributed by atoms with Crippen molar-refractivity contribution in [3.8, 4) is 0 Å². The minimum Gasteiger partial charge on any atom is -0.325 e. The maximum Gasteiger partial charge on any atom is 0.262 e. The molecule has 0 radical (unpaired) electrons. The highest BCUT2D eigenvalue weighted by Gasteiger charge is 2.14. The van der Waals surface area contributed by atoms with Crippen LogP contribution in [0, 0.1) is 6.92 Å². The summed E-state index contributed by atoms with van der Waals surface area (Å²) >= 11 is 7.35. The van der Waals surface area contributed by atoms with E-state index in [4.69, 9.17) is 11.6 Å². The van der Waals surface area contributed by atoms with Gasteiger partial charge in [0.15, 0.2) is 5.16 Å². The van der Waals surface area contributed by atoms with Crippen LogP contribution >= 0.6 is 23.4 Å². The zero-order valence-corrected chi connectivity index (χ0v) is 18.4. The molecular formula is C24H20ClN3O2S. The van der Waals surface area contributed by atoms with E-state index in [1.165, 1.54) is 11.8 Å². The number of thioether (sulfide) groups is 1. The summed E-state index contributed by atoms with van der Waals surface area (Å²) in [4.78, 5) is 30.3. The van der Waals surface area contributed by atoms with Crippen LogP contribution in [-0.2, 0) is 11.3 Å². The minimum absolute atomic E-state index is 0.133. The molecular weight excluding hydrogens is 430 g/mol. The maximum atomic E-state index is 13.2.